The predicted molar refractivity (Wildman–Crippen MR) is 112 cm³/mol. The zero-order valence-corrected chi connectivity index (χ0v) is 17.5. The number of benzene rings is 2. The molecule has 1 saturated heterocycles. The maximum absolute atomic E-state index is 13.4. The quantitative estimate of drug-likeness (QED) is 0.368. The van der Waals surface area contributed by atoms with Crippen molar-refractivity contribution in [2.75, 3.05) is 19.1 Å². The average Bonchev–Trinajstić information content (AvgIpc) is 3.33. The molecule has 32 heavy (non-hydrogen) atoms. The molecule has 2 heterocycles. The van der Waals surface area contributed by atoms with Crippen LogP contribution in [0.2, 0.25) is 0 Å². The fourth-order valence-electron chi connectivity index (χ4n) is 3.65. The first-order valence-corrected chi connectivity index (χ1v) is 9.58. The normalized spacial score (nSPS) is 17.6. The van der Waals surface area contributed by atoms with E-state index in [-0.39, 0.29) is 17.0 Å². The fourth-order valence-corrected chi connectivity index (χ4v) is 3.65. The minimum atomic E-state index is -1.10. The monoisotopic (exact) mass is 438 g/mol. The number of anilines is 1. The molecule has 3 aromatic rings. The van der Waals surface area contributed by atoms with Crippen LogP contribution in [-0.2, 0) is 9.59 Å². The van der Waals surface area contributed by atoms with Crippen LogP contribution >= 0.6 is 0 Å². The molecule has 9 heteroatoms. The molecule has 1 amide bonds. The summed E-state index contributed by atoms with van der Waals surface area (Å²) in [6.07, 6.45) is 0. The topological polar surface area (TPSA) is 102 Å². The fraction of sp³-hybridized carbons (Fsp3) is 0.174. The lowest BCUT2D eigenvalue weighted by Gasteiger charge is -2.24. The predicted octanol–water partition coefficient (Wildman–Crippen LogP) is 3.77. The molecule has 1 aromatic heterocycles. The highest BCUT2D eigenvalue weighted by molar-refractivity contribution is 6.51. The third-order valence-electron chi connectivity index (χ3n) is 5.16. The zero-order chi connectivity index (χ0) is 23.0. The first-order valence-electron chi connectivity index (χ1n) is 9.58. The van der Waals surface area contributed by atoms with E-state index in [9.17, 15) is 19.1 Å². The molecule has 0 saturated carbocycles. The van der Waals surface area contributed by atoms with Gasteiger partial charge in [-0.05, 0) is 49.4 Å². The summed E-state index contributed by atoms with van der Waals surface area (Å²) in [6, 6.07) is 10.2. The zero-order valence-electron chi connectivity index (χ0n) is 17.5. The smallest absolute Gasteiger partial charge is 0.301 e. The number of carbonyl (C=O) groups excluding carboxylic acids is 2. The van der Waals surface area contributed by atoms with Gasteiger partial charge in [-0.1, -0.05) is 5.16 Å². The Balaban J connectivity index is 2.00. The van der Waals surface area contributed by atoms with Crippen LogP contribution in [0.15, 0.2) is 58.6 Å². The number of carbonyl (C=O) groups is 2. The van der Waals surface area contributed by atoms with Crippen molar-refractivity contribution in [2.45, 2.75) is 13.0 Å². The van der Waals surface area contributed by atoms with Gasteiger partial charge in [0.05, 0.1) is 19.8 Å². The van der Waals surface area contributed by atoms with Crippen molar-refractivity contribution in [1.82, 2.24) is 5.16 Å². The number of nitrogens with zero attached hydrogens (tertiary/aromatic N) is 2. The number of rotatable bonds is 5. The number of halogens is 1. The highest BCUT2D eigenvalue weighted by Crippen LogP contribution is 2.45. The van der Waals surface area contributed by atoms with Crippen molar-refractivity contribution < 1.29 is 33.1 Å². The van der Waals surface area contributed by atoms with Crippen LogP contribution < -0.4 is 14.4 Å². The van der Waals surface area contributed by atoms with Gasteiger partial charge < -0.3 is 19.1 Å². The number of aromatic nitrogens is 1. The number of ether oxygens (including phenoxy) is 2. The molecule has 8 nitrogen and oxygen atoms in total. The van der Waals surface area contributed by atoms with Gasteiger partial charge in [0.25, 0.3) is 5.78 Å². The third kappa shape index (κ3) is 3.47. The van der Waals surface area contributed by atoms with Crippen molar-refractivity contribution in [2.24, 2.45) is 0 Å². The maximum atomic E-state index is 13.4. The van der Waals surface area contributed by atoms with Crippen molar-refractivity contribution in [1.29, 1.82) is 0 Å². The number of aryl methyl sites for hydroxylation is 1. The molecule has 164 valence electrons. The van der Waals surface area contributed by atoms with Crippen LogP contribution in [0.5, 0.6) is 11.5 Å². The molecule has 0 spiro atoms. The number of aliphatic hydroxyl groups is 1. The molecule has 1 N–H and O–H groups in total. The number of aliphatic hydroxyl groups excluding tert-OH is 1. The van der Waals surface area contributed by atoms with Gasteiger partial charge in [0.2, 0.25) is 0 Å². The first kappa shape index (κ1) is 21.1. The molecule has 1 fully saturated rings. The number of hydrogen-bond donors (Lipinski definition) is 1. The van der Waals surface area contributed by atoms with Gasteiger partial charge in [0.15, 0.2) is 5.82 Å². The van der Waals surface area contributed by atoms with Crippen LogP contribution in [0.3, 0.4) is 0 Å². The Hall–Kier alpha value is -4.14. The van der Waals surface area contributed by atoms with Crippen LogP contribution in [0.1, 0.15) is 22.9 Å². The van der Waals surface area contributed by atoms with E-state index in [1.54, 1.807) is 25.1 Å². The highest BCUT2D eigenvalue weighted by Gasteiger charge is 2.49. The van der Waals surface area contributed by atoms with Crippen LogP contribution in [0.25, 0.3) is 5.76 Å². The number of ketones is 1. The van der Waals surface area contributed by atoms with Gasteiger partial charge >= 0.3 is 5.91 Å². The minimum absolute atomic E-state index is 0.0950. The van der Waals surface area contributed by atoms with Crippen molar-refractivity contribution in [3.05, 3.63) is 76.8 Å². The lowest BCUT2D eigenvalue weighted by atomic mass is 9.94. The van der Waals surface area contributed by atoms with Gasteiger partial charge in [-0.25, -0.2) is 4.39 Å². The summed E-state index contributed by atoms with van der Waals surface area (Å²) in [4.78, 5) is 27.3. The van der Waals surface area contributed by atoms with Crippen molar-refractivity contribution >= 4 is 23.3 Å². The van der Waals surface area contributed by atoms with E-state index < -0.39 is 29.3 Å². The Morgan fingerprint density at radius 1 is 1.09 bits per heavy atom. The van der Waals surface area contributed by atoms with E-state index >= 15 is 0 Å². The van der Waals surface area contributed by atoms with E-state index in [4.69, 9.17) is 14.0 Å². The van der Waals surface area contributed by atoms with Gasteiger partial charge in [0.1, 0.15) is 34.9 Å². The Morgan fingerprint density at radius 3 is 2.41 bits per heavy atom. The first-order chi connectivity index (χ1) is 15.3. The second kappa shape index (κ2) is 8.18. The van der Waals surface area contributed by atoms with Crippen LogP contribution in [-0.4, -0.2) is 36.2 Å². The van der Waals surface area contributed by atoms with Crippen molar-refractivity contribution in [3.63, 3.8) is 0 Å². The molecule has 0 aliphatic carbocycles. The molecule has 0 bridgehead atoms. The summed E-state index contributed by atoms with van der Waals surface area (Å²) in [5, 5.41) is 14.9. The number of Topliss-reactive ketones (excluding diaryl/α,β-unsaturated/α-hetero) is 1. The Labute approximate surface area is 182 Å². The minimum Gasteiger partial charge on any atom is -0.507 e. The largest absolute Gasteiger partial charge is 0.507 e. The molecular weight excluding hydrogens is 419 g/mol. The van der Waals surface area contributed by atoms with E-state index in [0.29, 0.717) is 22.8 Å². The second-order valence-electron chi connectivity index (χ2n) is 7.08. The highest BCUT2D eigenvalue weighted by atomic mass is 19.1. The molecule has 0 unspecified atom stereocenters. The van der Waals surface area contributed by atoms with E-state index in [0.717, 1.165) is 17.0 Å². The standard InChI is InChI=1S/C23H19FN2O6/c1-12-10-18(25-32-12)26-20(16-11-15(30-2)8-9-17(16)31-3)19(22(28)23(26)29)21(27)13-4-6-14(24)7-5-13/h4-11,20,27H,1-3H3/t20-/m1/s1. The van der Waals surface area contributed by atoms with E-state index in [1.165, 1.54) is 32.4 Å². The van der Waals surface area contributed by atoms with E-state index in [2.05, 4.69) is 5.16 Å². The average molecular weight is 438 g/mol. The number of methoxy groups -OCH3 is 2. The molecule has 2 aromatic carbocycles. The number of hydrogen-bond acceptors (Lipinski definition) is 7. The molecule has 1 aliphatic heterocycles. The lowest BCUT2D eigenvalue weighted by Crippen LogP contribution is -2.30. The SMILES string of the molecule is COc1ccc(OC)c([C@@H]2C(=C(O)c3ccc(F)cc3)C(=O)C(=O)N2c2cc(C)on2)c1. The van der Waals surface area contributed by atoms with Crippen molar-refractivity contribution in [3.8, 4) is 11.5 Å². The molecule has 4 rings (SSSR count). The van der Waals surface area contributed by atoms with Gasteiger partial charge in [-0.2, -0.15) is 0 Å². The van der Waals surface area contributed by atoms with Gasteiger partial charge in [-0.3, -0.25) is 14.5 Å². The second-order valence-corrected chi connectivity index (χ2v) is 7.08. The third-order valence-corrected chi connectivity index (χ3v) is 5.16. The Morgan fingerprint density at radius 2 is 1.81 bits per heavy atom. The summed E-state index contributed by atoms with van der Waals surface area (Å²) in [5.74, 6) is -1.47. The molecule has 1 atom stereocenters. The van der Waals surface area contributed by atoms with Gasteiger partial charge in [0, 0.05) is 17.2 Å². The number of amides is 1. The summed E-state index contributed by atoms with van der Waals surface area (Å²) < 4.78 is 29.3. The lowest BCUT2D eigenvalue weighted by molar-refractivity contribution is -0.132. The van der Waals surface area contributed by atoms with Crippen LogP contribution in [0, 0.1) is 12.7 Å². The molecular formula is C23H19FN2O6. The molecule has 1 aliphatic rings. The Kier molecular flexibility index (Phi) is 5.40. The van der Waals surface area contributed by atoms with E-state index in [1.807, 2.05) is 0 Å². The summed E-state index contributed by atoms with van der Waals surface area (Å²) in [6.45, 7) is 1.65. The van der Waals surface area contributed by atoms with Gasteiger partial charge in [-0.15, -0.1) is 0 Å². The summed E-state index contributed by atoms with van der Waals surface area (Å²) >= 11 is 0. The maximum Gasteiger partial charge on any atom is 0.301 e. The Bertz CT molecular complexity index is 1230. The van der Waals surface area contributed by atoms with Crippen LogP contribution in [0.4, 0.5) is 10.2 Å². The molecule has 0 radical (unpaired) electrons. The summed E-state index contributed by atoms with van der Waals surface area (Å²) in [7, 11) is 2.92. The summed E-state index contributed by atoms with van der Waals surface area (Å²) in [5.41, 5.74) is 0.358.